The summed E-state index contributed by atoms with van der Waals surface area (Å²) in [5.41, 5.74) is 4.57. The zero-order chi connectivity index (χ0) is 21.7. The summed E-state index contributed by atoms with van der Waals surface area (Å²) in [6.07, 6.45) is -0.0133. The molecule has 0 unspecified atom stereocenters. The van der Waals surface area contributed by atoms with E-state index in [0.29, 0.717) is 27.8 Å². The van der Waals surface area contributed by atoms with E-state index in [4.69, 9.17) is 33.0 Å². The van der Waals surface area contributed by atoms with Gasteiger partial charge in [0, 0.05) is 34.7 Å². The number of hydrogen-bond acceptors (Lipinski definition) is 5. The summed E-state index contributed by atoms with van der Waals surface area (Å²) in [6.45, 7) is 2.04. The SMILES string of the molecule is Cc1ccc(C2=NN3[C@@H](c4cccc([N+](=O)[O-])c4)Oc4c(Cl)cc(Cl)cc4[C@@H]3C2)cc1. The number of hydrogen-bond donors (Lipinski definition) is 0. The monoisotopic (exact) mass is 453 g/mol. The van der Waals surface area contributed by atoms with Gasteiger partial charge in [0.25, 0.3) is 5.69 Å². The van der Waals surface area contributed by atoms with Crippen LogP contribution in [0.2, 0.25) is 10.0 Å². The van der Waals surface area contributed by atoms with E-state index in [0.717, 1.165) is 16.8 Å². The molecule has 156 valence electrons. The number of nitro benzene ring substituents is 1. The molecule has 2 aliphatic rings. The van der Waals surface area contributed by atoms with Crippen LogP contribution in [0.4, 0.5) is 5.69 Å². The number of aryl methyl sites for hydroxylation is 1. The van der Waals surface area contributed by atoms with Crippen LogP contribution < -0.4 is 4.74 Å². The van der Waals surface area contributed by atoms with Crippen LogP contribution >= 0.6 is 23.2 Å². The Balaban J connectivity index is 1.63. The summed E-state index contributed by atoms with van der Waals surface area (Å²) in [4.78, 5) is 10.9. The maximum absolute atomic E-state index is 11.3. The van der Waals surface area contributed by atoms with Gasteiger partial charge in [-0.1, -0.05) is 65.2 Å². The van der Waals surface area contributed by atoms with Gasteiger partial charge in [-0.2, -0.15) is 5.10 Å². The van der Waals surface area contributed by atoms with Crippen molar-refractivity contribution in [1.29, 1.82) is 0 Å². The van der Waals surface area contributed by atoms with E-state index in [1.807, 2.05) is 42.3 Å². The quantitative estimate of drug-likeness (QED) is 0.337. The number of fused-ring (bicyclic) bond motifs is 3. The number of nitro groups is 1. The second kappa shape index (κ2) is 7.55. The fourth-order valence-corrected chi connectivity index (χ4v) is 4.60. The van der Waals surface area contributed by atoms with E-state index < -0.39 is 11.2 Å². The van der Waals surface area contributed by atoms with Crippen LogP contribution in [0.1, 0.15) is 40.9 Å². The topological polar surface area (TPSA) is 68.0 Å². The van der Waals surface area contributed by atoms with Gasteiger partial charge in [0.1, 0.15) is 5.75 Å². The van der Waals surface area contributed by atoms with Gasteiger partial charge < -0.3 is 4.74 Å². The number of rotatable bonds is 3. The maximum Gasteiger partial charge on any atom is 0.269 e. The van der Waals surface area contributed by atoms with Crippen molar-refractivity contribution in [3.63, 3.8) is 0 Å². The Morgan fingerprint density at radius 1 is 1.13 bits per heavy atom. The van der Waals surface area contributed by atoms with Crippen molar-refractivity contribution in [1.82, 2.24) is 5.01 Å². The molecule has 5 rings (SSSR count). The van der Waals surface area contributed by atoms with Crippen molar-refractivity contribution in [2.24, 2.45) is 5.10 Å². The van der Waals surface area contributed by atoms with Crippen molar-refractivity contribution in [3.05, 3.63) is 103 Å². The lowest BCUT2D eigenvalue weighted by atomic mass is 9.95. The number of halogens is 2. The van der Waals surface area contributed by atoms with E-state index in [2.05, 4.69) is 0 Å². The average molecular weight is 454 g/mol. The van der Waals surface area contributed by atoms with Crippen LogP contribution in [-0.2, 0) is 0 Å². The summed E-state index contributed by atoms with van der Waals surface area (Å²) in [5, 5.41) is 18.9. The molecule has 0 aliphatic carbocycles. The molecule has 0 fully saturated rings. The first-order valence-corrected chi connectivity index (χ1v) is 10.5. The van der Waals surface area contributed by atoms with Crippen molar-refractivity contribution in [2.75, 3.05) is 0 Å². The van der Waals surface area contributed by atoms with E-state index in [-0.39, 0.29) is 11.7 Å². The summed E-state index contributed by atoms with van der Waals surface area (Å²) in [6, 6.07) is 17.9. The molecular weight excluding hydrogens is 437 g/mol. The molecule has 0 bridgehead atoms. The second-order valence-electron chi connectivity index (χ2n) is 7.64. The highest BCUT2D eigenvalue weighted by atomic mass is 35.5. The number of benzene rings is 3. The Kier molecular flexibility index (Phi) is 4.84. The summed E-state index contributed by atoms with van der Waals surface area (Å²) < 4.78 is 6.26. The smallest absolute Gasteiger partial charge is 0.269 e. The van der Waals surface area contributed by atoms with Gasteiger partial charge in [-0.3, -0.25) is 10.1 Å². The molecular formula is C23H17Cl2N3O3. The predicted octanol–water partition coefficient (Wildman–Crippen LogP) is 6.45. The van der Waals surface area contributed by atoms with Gasteiger partial charge in [0.05, 0.1) is 21.7 Å². The van der Waals surface area contributed by atoms with Crippen molar-refractivity contribution in [3.8, 4) is 5.75 Å². The van der Waals surface area contributed by atoms with E-state index in [1.54, 1.807) is 18.2 Å². The molecule has 8 heteroatoms. The maximum atomic E-state index is 11.3. The normalized spacial score (nSPS) is 19.3. The minimum atomic E-state index is -0.654. The van der Waals surface area contributed by atoms with Crippen molar-refractivity contribution >= 4 is 34.6 Å². The van der Waals surface area contributed by atoms with Crippen LogP contribution in [0.15, 0.2) is 65.8 Å². The molecule has 0 spiro atoms. The van der Waals surface area contributed by atoms with Crippen LogP contribution in [0.25, 0.3) is 0 Å². The lowest BCUT2D eigenvalue weighted by Gasteiger charge is -2.38. The van der Waals surface area contributed by atoms with Crippen molar-refractivity contribution in [2.45, 2.75) is 25.6 Å². The van der Waals surface area contributed by atoms with Gasteiger partial charge in [-0.05, 0) is 24.6 Å². The van der Waals surface area contributed by atoms with E-state index in [1.165, 1.54) is 17.7 Å². The van der Waals surface area contributed by atoms with Crippen LogP contribution in [0.5, 0.6) is 5.75 Å². The van der Waals surface area contributed by atoms with Crippen molar-refractivity contribution < 1.29 is 9.66 Å². The van der Waals surface area contributed by atoms with Crippen LogP contribution in [0.3, 0.4) is 0 Å². The first-order valence-electron chi connectivity index (χ1n) is 9.73. The van der Waals surface area contributed by atoms with Crippen LogP contribution in [-0.4, -0.2) is 15.6 Å². The molecule has 3 aromatic rings. The van der Waals surface area contributed by atoms with Crippen LogP contribution in [0, 0.1) is 17.0 Å². The third kappa shape index (κ3) is 3.52. The summed E-state index contributed by atoms with van der Waals surface area (Å²) >= 11 is 12.8. The zero-order valence-corrected chi connectivity index (χ0v) is 18.0. The number of nitrogens with zero attached hydrogens (tertiary/aromatic N) is 3. The van der Waals surface area contributed by atoms with Gasteiger partial charge in [0.15, 0.2) is 0 Å². The Hall–Kier alpha value is -3.09. The molecule has 3 aromatic carbocycles. The zero-order valence-electron chi connectivity index (χ0n) is 16.5. The molecule has 0 aromatic heterocycles. The molecule has 0 saturated carbocycles. The fourth-order valence-electron chi connectivity index (χ4n) is 4.05. The Bertz CT molecular complexity index is 1230. The lowest BCUT2D eigenvalue weighted by molar-refractivity contribution is -0.385. The van der Waals surface area contributed by atoms with Gasteiger partial charge >= 0.3 is 0 Å². The predicted molar refractivity (Wildman–Crippen MR) is 120 cm³/mol. The molecule has 6 nitrogen and oxygen atoms in total. The number of ether oxygens (including phenoxy) is 1. The minimum Gasteiger partial charge on any atom is -0.463 e. The molecule has 0 saturated heterocycles. The fraction of sp³-hybridized carbons (Fsp3) is 0.174. The molecule has 0 radical (unpaired) electrons. The number of hydrazone groups is 1. The highest BCUT2D eigenvalue weighted by molar-refractivity contribution is 6.35. The standard InChI is InChI=1S/C23H17Cl2N3O3/c1-13-5-7-14(8-6-13)20-12-21-18-10-16(24)11-19(25)22(18)31-23(27(21)26-20)15-3-2-4-17(9-15)28(29)30/h2-11,21,23H,12H2,1H3/t21-,23+/m0/s1. The molecule has 0 amide bonds. The third-order valence-corrected chi connectivity index (χ3v) is 6.06. The largest absolute Gasteiger partial charge is 0.463 e. The molecule has 31 heavy (non-hydrogen) atoms. The highest BCUT2D eigenvalue weighted by Gasteiger charge is 2.42. The van der Waals surface area contributed by atoms with Gasteiger partial charge in [0.2, 0.25) is 6.23 Å². The molecule has 0 N–H and O–H groups in total. The first kappa shape index (κ1) is 19.8. The Morgan fingerprint density at radius 2 is 1.90 bits per heavy atom. The minimum absolute atomic E-state index is 0.00687. The highest BCUT2D eigenvalue weighted by Crippen LogP contribution is 2.51. The average Bonchev–Trinajstić information content (AvgIpc) is 3.19. The van der Waals surface area contributed by atoms with Gasteiger partial charge in [-0.15, -0.1) is 0 Å². The third-order valence-electron chi connectivity index (χ3n) is 5.56. The molecule has 2 atom stereocenters. The Morgan fingerprint density at radius 3 is 2.65 bits per heavy atom. The first-order chi connectivity index (χ1) is 14.9. The molecule has 2 aliphatic heterocycles. The number of non-ortho nitro benzene ring substituents is 1. The summed E-state index contributed by atoms with van der Waals surface area (Å²) in [7, 11) is 0. The summed E-state index contributed by atoms with van der Waals surface area (Å²) in [5.74, 6) is 0.532. The molecule has 2 heterocycles. The van der Waals surface area contributed by atoms with E-state index in [9.17, 15) is 10.1 Å². The van der Waals surface area contributed by atoms with E-state index >= 15 is 0 Å². The Labute approximate surface area is 188 Å². The van der Waals surface area contributed by atoms with Gasteiger partial charge in [-0.25, -0.2) is 5.01 Å². The second-order valence-corrected chi connectivity index (χ2v) is 8.48. The lowest BCUT2D eigenvalue weighted by Crippen LogP contribution is -2.33.